The largest absolute Gasteiger partial charge is 0.494 e. The van der Waals surface area contributed by atoms with Gasteiger partial charge < -0.3 is 32.2 Å². The van der Waals surface area contributed by atoms with E-state index in [4.69, 9.17) is 16.2 Å². The number of nitrogens with one attached hydrogen (secondary N) is 3. The van der Waals surface area contributed by atoms with Gasteiger partial charge in [-0.05, 0) is 67.6 Å². The average molecular weight is 363 g/mol. The van der Waals surface area contributed by atoms with Crippen molar-refractivity contribution >= 4 is 39.8 Å². The number of hydrogen-bond acceptors (Lipinski definition) is 6. The first-order valence-electron chi connectivity index (χ1n) is 8.82. The SMILES string of the molecule is CCOc1ccc(Nc2cc(Nc3ccc(N)cc3)c(N)cc2NC)cc1. The molecule has 0 fully saturated rings. The molecule has 0 aliphatic rings. The van der Waals surface area contributed by atoms with Crippen LogP contribution in [0.25, 0.3) is 0 Å². The maximum absolute atomic E-state index is 6.22. The molecule has 6 heteroatoms. The van der Waals surface area contributed by atoms with Crippen LogP contribution < -0.4 is 32.2 Å². The summed E-state index contributed by atoms with van der Waals surface area (Å²) >= 11 is 0. The first-order valence-corrected chi connectivity index (χ1v) is 8.82. The maximum atomic E-state index is 6.22. The van der Waals surface area contributed by atoms with Gasteiger partial charge in [0.1, 0.15) is 5.75 Å². The van der Waals surface area contributed by atoms with E-state index < -0.39 is 0 Å². The summed E-state index contributed by atoms with van der Waals surface area (Å²) in [5, 5.41) is 9.93. The summed E-state index contributed by atoms with van der Waals surface area (Å²) in [5.74, 6) is 0.847. The van der Waals surface area contributed by atoms with Crippen LogP contribution in [-0.2, 0) is 0 Å². The first kappa shape index (κ1) is 18.3. The van der Waals surface area contributed by atoms with Gasteiger partial charge in [-0.2, -0.15) is 0 Å². The second-order valence-corrected chi connectivity index (χ2v) is 6.06. The number of anilines is 7. The molecule has 0 heterocycles. The van der Waals surface area contributed by atoms with E-state index in [0.717, 1.165) is 39.9 Å². The van der Waals surface area contributed by atoms with Gasteiger partial charge in [-0.15, -0.1) is 0 Å². The number of rotatable bonds is 7. The molecule has 0 aliphatic carbocycles. The summed E-state index contributed by atoms with van der Waals surface area (Å²) in [7, 11) is 1.87. The third kappa shape index (κ3) is 4.55. The number of benzene rings is 3. The Morgan fingerprint density at radius 3 is 1.96 bits per heavy atom. The van der Waals surface area contributed by atoms with Crippen LogP contribution in [-0.4, -0.2) is 13.7 Å². The molecule has 0 saturated heterocycles. The zero-order chi connectivity index (χ0) is 19.2. The molecule has 0 aromatic heterocycles. The highest BCUT2D eigenvalue weighted by Crippen LogP contribution is 2.35. The molecule has 0 aliphatic heterocycles. The molecule has 0 spiro atoms. The lowest BCUT2D eigenvalue weighted by atomic mass is 10.1. The summed E-state index contributed by atoms with van der Waals surface area (Å²) in [5.41, 5.74) is 17.8. The Kier molecular flexibility index (Phi) is 5.56. The van der Waals surface area contributed by atoms with Crippen LogP contribution >= 0.6 is 0 Å². The smallest absolute Gasteiger partial charge is 0.119 e. The minimum atomic E-state index is 0.647. The zero-order valence-electron chi connectivity index (χ0n) is 15.5. The molecule has 3 aromatic carbocycles. The molecule has 0 amide bonds. The van der Waals surface area contributed by atoms with Gasteiger partial charge in [0.05, 0.1) is 29.4 Å². The summed E-state index contributed by atoms with van der Waals surface area (Å²) in [6.07, 6.45) is 0. The van der Waals surface area contributed by atoms with Crippen LogP contribution in [0.1, 0.15) is 6.92 Å². The van der Waals surface area contributed by atoms with Gasteiger partial charge in [-0.3, -0.25) is 0 Å². The molecule has 27 heavy (non-hydrogen) atoms. The van der Waals surface area contributed by atoms with Gasteiger partial charge in [0.2, 0.25) is 0 Å². The average Bonchev–Trinajstić information content (AvgIpc) is 2.67. The molecule has 0 saturated carbocycles. The van der Waals surface area contributed by atoms with E-state index >= 15 is 0 Å². The fourth-order valence-electron chi connectivity index (χ4n) is 2.71. The Balaban J connectivity index is 1.85. The van der Waals surface area contributed by atoms with Crippen molar-refractivity contribution in [3.63, 3.8) is 0 Å². The maximum Gasteiger partial charge on any atom is 0.119 e. The molecule has 140 valence electrons. The van der Waals surface area contributed by atoms with Crippen LogP contribution in [0.3, 0.4) is 0 Å². The van der Waals surface area contributed by atoms with E-state index in [1.165, 1.54) is 0 Å². The summed E-state index contributed by atoms with van der Waals surface area (Å²) in [4.78, 5) is 0. The molecule has 0 bridgehead atoms. The van der Waals surface area contributed by atoms with Gasteiger partial charge >= 0.3 is 0 Å². The third-order valence-electron chi connectivity index (χ3n) is 4.09. The Hall–Kier alpha value is -3.54. The van der Waals surface area contributed by atoms with Crippen molar-refractivity contribution in [1.29, 1.82) is 0 Å². The van der Waals surface area contributed by atoms with Gasteiger partial charge in [0.25, 0.3) is 0 Å². The minimum Gasteiger partial charge on any atom is -0.494 e. The Morgan fingerprint density at radius 2 is 1.37 bits per heavy atom. The van der Waals surface area contributed by atoms with E-state index in [9.17, 15) is 0 Å². The monoisotopic (exact) mass is 363 g/mol. The van der Waals surface area contributed by atoms with Crippen LogP contribution in [0.15, 0.2) is 60.7 Å². The molecule has 7 N–H and O–H groups in total. The van der Waals surface area contributed by atoms with Gasteiger partial charge in [-0.25, -0.2) is 0 Å². The predicted octanol–water partition coefficient (Wildman–Crippen LogP) is 4.78. The zero-order valence-corrected chi connectivity index (χ0v) is 15.5. The lowest BCUT2D eigenvalue weighted by Crippen LogP contribution is -2.02. The summed E-state index contributed by atoms with van der Waals surface area (Å²) < 4.78 is 5.49. The van der Waals surface area contributed by atoms with E-state index in [1.54, 1.807) is 0 Å². The van der Waals surface area contributed by atoms with Crippen molar-refractivity contribution < 1.29 is 4.74 Å². The lowest BCUT2D eigenvalue weighted by molar-refractivity contribution is 0.340. The van der Waals surface area contributed by atoms with E-state index in [2.05, 4.69) is 16.0 Å². The Morgan fingerprint density at radius 1 is 0.778 bits per heavy atom. The number of ether oxygens (including phenoxy) is 1. The molecule has 0 atom stereocenters. The predicted molar refractivity (Wildman–Crippen MR) is 115 cm³/mol. The van der Waals surface area contributed by atoms with Crippen LogP contribution in [0.5, 0.6) is 5.75 Å². The molecular weight excluding hydrogens is 338 g/mol. The molecule has 3 aromatic rings. The molecule has 0 radical (unpaired) electrons. The van der Waals surface area contributed by atoms with E-state index in [-0.39, 0.29) is 0 Å². The first-order chi connectivity index (χ1) is 13.1. The summed E-state index contributed by atoms with van der Waals surface area (Å²) in [6, 6.07) is 19.2. The molecule has 3 rings (SSSR count). The number of hydrogen-bond donors (Lipinski definition) is 5. The standard InChI is InChI=1S/C21H25N5O/c1-3-27-17-10-8-16(9-11-17)26-21-13-19(18(23)12-20(21)24-2)25-15-6-4-14(22)5-7-15/h4-13,24-26H,3,22-23H2,1-2H3. The van der Waals surface area contributed by atoms with Crippen LogP contribution in [0.4, 0.5) is 39.8 Å². The Bertz CT molecular complexity index is 892. The third-order valence-corrected chi connectivity index (χ3v) is 4.09. The molecular formula is C21H25N5O. The highest BCUT2D eigenvalue weighted by atomic mass is 16.5. The molecule has 0 unspecified atom stereocenters. The van der Waals surface area contributed by atoms with Crippen LogP contribution in [0.2, 0.25) is 0 Å². The highest BCUT2D eigenvalue weighted by molar-refractivity contribution is 5.86. The van der Waals surface area contributed by atoms with Crippen molar-refractivity contribution in [2.75, 3.05) is 41.1 Å². The van der Waals surface area contributed by atoms with Crippen molar-refractivity contribution in [2.24, 2.45) is 0 Å². The minimum absolute atomic E-state index is 0.647. The van der Waals surface area contributed by atoms with Crippen molar-refractivity contribution in [2.45, 2.75) is 6.92 Å². The number of nitrogen functional groups attached to an aromatic ring is 2. The lowest BCUT2D eigenvalue weighted by Gasteiger charge is -2.17. The quantitative estimate of drug-likeness (QED) is 0.388. The van der Waals surface area contributed by atoms with Gasteiger partial charge in [-0.1, -0.05) is 0 Å². The van der Waals surface area contributed by atoms with E-state index in [1.807, 2.05) is 74.6 Å². The van der Waals surface area contributed by atoms with Crippen LogP contribution in [0, 0.1) is 0 Å². The second-order valence-electron chi connectivity index (χ2n) is 6.06. The fraction of sp³-hybridized carbons (Fsp3) is 0.143. The fourth-order valence-corrected chi connectivity index (χ4v) is 2.71. The topological polar surface area (TPSA) is 97.4 Å². The van der Waals surface area contributed by atoms with E-state index in [0.29, 0.717) is 12.3 Å². The Labute approximate surface area is 159 Å². The van der Waals surface area contributed by atoms with Gasteiger partial charge in [0, 0.05) is 24.1 Å². The highest BCUT2D eigenvalue weighted by Gasteiger charge is 2.09. The number of nitrogens with two attached hydrogens (primary N) is 2. The van der Waals surface area contributed by atoms with Crippen molar-refractivity contribution in [1.82, 2.24) is 0 Å². The van der Waals surface area contributed by atoms with Gasteiger partial charge in [0.15, 0.2) is 0 Å². The van der Waals surface area contributed by atoms with Crippen molar-refractivity contribution in [3.05, 3.63) is 60.7 Å². The summed E-state index contributed by atoms with van der Waals surface area (Å²) in [6.45, 7) is 2.62. The van der Waals surface area contributed by atoms with Crippen molar-refractivity contribution in [3.8, 4) is 5.75 Å². The molecule has 6 nitrogen and oxygen atoms in total. The second kappa shape index (κ2) is 8.23. The normalized spacial score (nSPS) is 10.3.